The summed E-state index contributed by atoms with van der Waals surface area (Å²) in [5.74, 6) is -0.989. The molecule has 0 aromatic heterocycles. The van der Waals surface area contributed by atoms with Crippen molar-refractivity contribution in [2.75, 3.05) is 10.6 Å². The quantitative estimate of drug-likeness (QED) is 0.743. The largest absolute Gasteiger partial charge is 0.339 e. The molecule has 0 bridgehead atoms. The van der Waals surface area contributed by atoms with Crippen LogP contribution < -0.4 is 16.1 Å². The molecule has 3 amide bonds. The first-order valence-corrected chi connectivity index (χ1v) is 6.44. The van der Waals surface area contributed by atoms with E-state index in [0.29, 0.717) is 16.9 Å². The van der Waals surface area contributed by atoms with E-state index < -0.39 is 17.8 Å². The molecule has 1 aliphatic heterocycles. The van der Waals surface area contributed by atoms with Crippen LogP contribution in [0.3, 0.4) is 0 Å². The number of anilines is 2. The predicted molar refractivity (Wildman–Crippen MR) is 80.2 cm³/mol. The van der Waals surface area contributed by atoms with E-state index in [1.165, 1.54) is 18.2 Å². The van der Waals surface area contributed by atoms with Crippen molar-refractivity contribution in [3.63, 3.8) is 0 Å². The van der Waals surface area contributed by atoms with Gasteiger partial charge in [-0.15, -0.1) is 0 Å². The molecule has 1 aliphatic rings. The van der Waals surface area contributed by atoms with Gasteiger partial charge in [0.1, 0.15) is 5.82 Å². The molecule has 2 aromatic rings. The number of nitrogens with one attached hydrogen (secondary N) is 3. The van der Waals surface area contributed by atoms with Crippen LogP contribution >= 0.6 is 0 Å². The zero-order valence-electron chi connectivity index (χ0n) is 11.3. The normalized spacial score (nSPS) is 14.4. The summed E-state index contributed by atoms with van der Waals surface area (Å²) in [7, 11) is 0. The van der Waals surface area contributed by atoms with Crippen LogP contribution in [0, 0.1) is 5.82 Å². The smallest absolute Gasteiger partial charge is 0.320 e. The van der Waals surface area contributed by atoms with Gasteiger partial charge in [-0.1, -0.05) is 18.2 Å². The van der Waals surface area contributed by atoms with E-state index in [1.54, 1.807) is 24.3 Å². The SMILES string of the molecule is O=C(N/N=C1/C(=O)Nc2ccc(F)cc21)Nc1ccccc1. The molecule has 3 rings (SSSR count). The van der Waals surface area contributed by atoms with E-state index in [9.17, 15) is 14.0 Å². The molecule has 0 fully saturated rings. The van der Waals surface area contributed by atoms with Crippen molar-refractivity contribution in [3.8, 4) is 0 Å². The Morgan fingerprint density at radius 1 is 1.14 bits per heavy atom. The lowest BCUT2D eigenvalue weighted by Gasteiger charge is -2.04. The summed E-state index contributed by atoms with van der Waals surface area (Å²) in [6, 6.07) is 12.0. The third kappa shape index (κ3) is 2.78. The number of hydrazone groups is 1. The minimum Gasteiger partial charge on any atom is -0.320 e. The van der Waals surface area contributed by atoms with Gasteiger partial charge in [-0.05, 0) is 30.3 Å². The lowest BCUT2D eigenvalue weighted by atomic mass is 10.1. The maximum absolute atomic E-state index is 13.3. The van der Waals surface area contributed by atoms with Crippen LogP contribution in [-0.4, -0.2) is 17.6 Å². The number of hydrogen-bond donors (Lipinski definition) is 3. The van der Waals surface area contributed by atoms with Gasteiger partial charge in [-0.25, -0.2) is 14.6 Å². The van der Waals surface area contributed by atoms with Crippen molar-refractivity contribution in [1.29, 1.82) is 0 Å². The molecule has 1 heterocycles. The van der Waals surface area contributed by atoms with E-state index in [4.69, 9.17) is 0 Å². The summed E-state index contributed by atoms with van der Waals surface area (Å²) in [5, 5.41) is 8.85. The molecule has 0 aliphatic carbocycles. The summed E-state index contributed by atoms with van der Waals surface area (Å²) in [6.45, 7) is 0. The fourth-order valence-corrected chi connectivity index (χ4v) is 2.02. The molecule has 0 saturated heterocycles. The second-order valence-corrected chi connectivity index (χ2v) is 4.54. The topological polar surface area (TPSA) is 82.6 Å². The fourth-order valence-electron chi connectivity index (χ4n) is 2.02. The maximum atomic E-state index is 13.3. The first-order valence-electron chi connectivity index (χ1n) is 6.44. The monoisotopic (exact) mass is 298 g/mol. The summed E-state index contributed by atoms with van der Waals surface area (Å²) in [4.78, 5) is 23.5. The summed E-state index contributed by atoms with van der Waals surface area (Å²) in [6.07, 6.45) is 0. The Morgan fingerprint density at radius 3 is 2.68 bits per heavy atom. The van der Waals surface area contributed by atoms with Gasteiger partial charge in [0.25, 0.3) is 5.91 Å². The number of carbonyl (C=O) groups excluding carboxylic acids is 2. The molecule has 110 valence electrons. The predicted octanol–water partition coefficient (Wildman–Crippen LogP) is 2.30. The maximum Gasteiger partial charge on any atom is 0.339 e. The molecule has 0 radical (unpaired) electrons. The number of fused-ring (bicyclic) bond motifs is 1. The molecule has 0 atom stereocenters. The summed E-state index contributed by atoms with van der Waals surface area (Å²) >= 11 is 0. The molecule has 0 saturated carbocycles. The van der Waals surface area contributed by atoms with E-state index in [0.717, 1.165) is 0 Å². The lowest BCUT2D eigenvalue weighted by Crippen LogP contribution is -2.27. The molecule has 22 heavy (non-hydrogen) atoms. The van der Waals surface area contributed by atoms with Crippen molar-refractivity contribution in [2.45, 2.75) is 0 Å². The van der Waals surface area contributed by atoms with Crippen LogP contribution in [0.25, 0.3) is 0 Å². The van der Waals surface area contributed by atoms with Crippen LogP contribution in [0.1, 0.15) is 5.56 Å². The molecule has 0 unspecified atom stereocenters. The van der Waals surface area contributed by atoms with E-state index >= 15 is 0 Å². The van der Waals surface area contributed by atoms with Crippen LogP contribution in [0.4, 0.5) is 20.6 Å². The highest BCUT2D eigenvalue weighted by Crippen LogP contribution is 2.23. The van der Waals surface area contributed by atoms with Gasteiger partial charge in [-0.2, -0.15) is 5.10 Å². The minimum atomic E-state index is -0.601. The van der Waals surface area contributed by atoms with Crippen LogP contribution in [0.5, 0.6) is 0 Å². The zero-order chi connectivity index (χ0) is 15.5. The third-order valence-electron chi connectivity index (χ3n) is 3.00. The molecular weight excluding hydrogens is 287 g/mol. The van der Waals surface area contributed by atoms with Gasteiger partial charge in [0, 0.05) is 11.3 Å². The average Bonchev–Trinajstić information content (AvgIpc) is 2.81. The second-order valence-electron chi connectivity index (χ2n) is 4.54. The Kier molecular flexibility index (Phi) is 3.53. The van der Waals surface area contributed by atoms with E-state index in [2.05, 4.69) is 21.2 Å². The Balaban J connectivity index is 1.75. The number of benzene rings is 2. The molecule has 7 heteroatoms. The van der Waals surface area contributed by atoms with Crippen LogP contribution in [0.2, 0.25) is 0 Å². The van der Waals surface area contributed by atoms with Crippen molar-refractivity contribution in [1.82, 2.24) is 5.43 Å². The van der Waals surface area contributed by atoms with Crippen molar-refractivity contribution in [2.24, 2.45) is 5.10 Å². The number of hydrogen-bond acceptors (Lipinski definition) is 3. The number of carbonyl (C=O) groups is 2. The highest BCUT2D eigenvalue weighted by atomic mass is 19.1. The van der Waals surface area contributed by atoms with Gasteiger partial charge < -0.3 is 10.6 Å². The zero-order valence-corrected chi connectivity index (χ0v) is 11.3. The first kappa shape index (κ1) is 13.7. The van der Waals surface area contributed by atoms with Gasteiger partial charge in [-0.3, -0.25) is 4.79 Å². The Morgan fingerprint density at radius 2 is 1.91 bits per heavy atom. The lowest BCUT2D eigenvalue weighted by molar-refractivity contribution is -0.110. The number of halogens is 1. The van der Waals surface area contributed by atoms with Gasteiger partial charge in [0.2, 0.25) is 0 Å². The van der Waals surface area contributed by atoms with Crippen molar-refractivity contribution < 1.29 is 14.0 Å². The van der Waals surface area contributed by atoms with E-state index in [-0.39, 0.29) is 5.71 Å². The highest BCUT2D eigenvalue weighted by molar-refractivity contribution is 6.53. The fraction of sp³-hybridized carbons (Fsp3) is 0. The average molecular weight is 298 g/mol. The summed E-state index contributed by atoms with van der Waals surface area (Å²) in [5.41, 5.74) is 3.52. The van der Waals surface area contributed by atoms with Crippen molar-refractivity contribution in [3.05, 3.63) is 59.9 Å². The number of urea groups is 1. The molecule has 0 spiro atoms. The van der Waals surface area contributed by atoms with Crippen LogP contribution in [-0.2, 0) is 4.79 Å². The van der Waals surface area contributed by atoms with E-state index in [1.807, 2.05) is 6.07 Å². The standard InChI is InChI=1S/C15H11FN4O2/c16-9-6-7-12-11(8-9)13(14(21)18-12)19-20-15(22)17-10-4-2-1-3-5-10/h1-8H,(H2,17,20,22)(H,18,19,21). The van der Waals surface area contributed by atoms with Gasteiger partial charge in [0.15, 0.2) is 5.71 Å². The molecule has 2 aromatic carbocycles. The highest BCUT2D eigenvalue weighted by Gasteiger charge is 2.26. The van der Waals surface area contributed by atoms with Crippen LogP contribution in [0.15, 0.2) is 53.6 Å². The molecule has 3 N–H and O–H groups in total. The summed E-state index contributed by atoms with van der Waals surface area (Å²) < 4.78 is 13.3. The Hall–Kier alpha value is -3.22. The third-order valence-corrected chi connectivity index (χ3v) is 3.00. The minimum absolute atomic E-state index is 0.0438. The number of rotatable bonds is 2. The van der Waals surface area contributed by atoms with Gasteiger partial charge >= 0.3 is 6.03 Å². The Bertz CT molecular complexity index is 774. The Labute approximate surface area is 125 Å². The van der Waals surface area contributed by atoms with Gasteiger partial charge in [0.05, 0.1) is 5.69 Å². The first-order chi connectivity index (χ1) is 10.6. The van der Waals surface area contributed by atoms with Crippen molar-refractivity contribution >= 4 is 29.0 Å². The second kappa shape index (κ2) is 5.65. The number of para-hydroxylation sites is 1. The molecular formula is C15H11FN4O2. The molecule has 6 nitrogen and oxygen atoms in total. The number of amides is 3. The number of nitrogens with zero attached hydrogens (tertiary/aromatic N) is 1.